The summed E-state index contributed by atoms with van der Waals surface area (Å²) in [4.78, 5) is 36.9. The largest absolute Gasteiger partial charge is 0.490 e. The third-order valence-corrected chi connectivity index (χ3v) is 3.48. The number of carbonyl (C=O) groups is 3. The van der Waals surface area contributed by atoms with Gasteiger partial charge < -0.3 is 14.8 Å². The first kappa shape index (κ1) is 16.8. The van der Waals surface area contributed by atoms with E-state index in [1.54, 1.807) is 26.8 Å². The van der Waals surface area contributed by atoms with Gasteiger partial charge in [0.25, 0.3) is 5.91 Å². The predicted molar refractivity (Wildman–Crippen MR) is 84.1 cm³/mol. The van der Waals surface area contributed by atoms with Crippen LogP contribution in [0, 0.1) is 0 Å². The molecule has 1 heterocycles. The molecule has 0 saturated carbocycles. The number of hydrogen-bond donors (Lipinski definition) is 1. The van der Waals surface area contributed by atoms with E-state index in [2.05, 4.69) is 5.32 Å². The molecule has 7 heteroatoms. The molecular formula is C16H20N2O5. The van der Waals surface area contributed by atoms with E-state index >= 15 is 0 Å². The van der Waals surface area contributed by atoms with Gasteiger partial charge in [0, 0.05) is 12.6 Å². The summed E-state index contributed by atoms with van der Waals surface area (Å²) in [5.41, 5.74) is -0.452. The summed E-state index contributed by atoms with van der Waals surface area (Å²) in [6.07, 6.45) is 0.658. The molecule has 124 valence electrons. The number of fused-ring (bicyclic) bond motifs is 1. The molecule has 0 bridgehead atoms. The Hall–Kier alpha value is -2.57. The summed E-state index contributed by atoms with van der Waals surface area (Å²) >= 11 is 0. The Morgan fingerprint density at radius 2 is 2.13 bits per heavy atom. The van der Waals surface area contributed by atoms with Gasteiger partial charge in [-0.05, 0) is 32.9 Å². The van der Waals surface area contributed by atoms with Gasteiger partial charge in [0.2, 0.25) is 5.91 Å². The highest BCUT2D eigenvalue weighted by atomic mass is 16.5. The Kier molecular flexibility index (Phi) is 4.58. The number of carbonyl (C=O) groups excluding carboxylic acids is 3. The maximum Gasteiger partial charge on any atom is 0.271 e. The third-order valence-electron chi connectivity index (χ3n) is 3.48. The zero-order valence-electron chi connectivity index (χ0n) is 13.6. The molecule has 0 fully saturated rings. The number of hydrogen-bond acceptors (Lipinski definition) is 5. The highest BCUT2D eigenvalue weighted by Gasteiger charge is 2.43. The first-order valence-electron chi connectivity index (χ1n) is 7.31. The second-order valence-electron chi connectivity index (χ2n) is 5.60. The molecule has 0 spiro atoms. The first-order valence-corrected chi connectivity index (χ1v) is 7.31. The average Bonchev–Trinajstić information content (AvgIpc) is 2.52. The normalized spacial score (nSPS) is 15.5. The third kappa shape index (κ3) is 3.13. The minimum Gasteiger partial charge on any atom is -0.490 e. The van der Waals surface area contributed by atoms with E-state index in [1.165, 1.54) is 18.0 Å². The van der Waals surface area contributed by atoms with Crippen LogP contribution in [0.3, 0.4) is 0 Å². The van der Waals surface area contributed by atoms with E-state index in [0.29, 0.717) is 35.6 Å². The Balaban J connectivity index is 2.62. The maximum absolute atomic E-state index is 12.6. The van der Waals surface area contributed by atoms with Crippen LogP contribution in [0.25, 0.3) is 0 Å². The van der Waals surface area contributed by atoms with Gasteiger partial charge in [-0.1, -0.05) is 0 Å². The van der Waals surface area contributed by atoms with Crippen LogP contribution in [0.4, 0.5) is 5.69 Å². The van der Waals surface area contributed by atoms with Crippen LogP contribution in [-0.2, 0) is 9.59 Å². The van der Waals surface area contributed by atoms with E-state index in [0.717, 1.165) is 0 Å². The molecule has 0 aliphatic carbocycles. The van der Waals surface area contributed by atoms with E-state index in [9.17, 15) is 14.4 Å². The fourth-order valence-corrected chi connectivity index (χ4v) is 2.35. The number of anilines is 1. The molecule has 0 radical (unpaired) electrons. The van der Waals surface area contributed by atoms with Gasteiger partial charge >= 0.3 is 0 Å². The average molecular weight is 320 g/mol. The summed E-state index contributed by atoms with van der Waals surface area (Å²) < 4.78 is 11.3. The van der Waals surface area contributed by atoms with Crippen LogP contribution in [0.15, 0.2) is 12.1 Å². The van der Waals surface area contributed by atoms with Crippen molar-refractivity contribution in [2.75, 3.05) is 25.1 Å². The van der Waals surface area contributed by atoms with E-state index in [1.807, 2.05) is 0 Å². The number of nitrogens with one attached hydrogen (secondary N) is 1. The van der Waals surface area contributed by atoms with Gasteiger partial charge in [-0.25, -0.2) is 0 Å². The fraction of sp³-hybridized carbons (Fsp3) is 0.438. The lowest BCUT2D eigenvalue weighted by atomic mass is 10.0. The Labute approximate surface area is 134 Å². The lowest BCUT2D eigenvalue weighted by Gasteiger charge is -2.39. The molecule has 2 amide bonds. The van der Waals surface area contributed by atoms with Crippen molar-refractivity contribution in [2.24, 2.45) is 0 Å². The predicted octanol–water partition coefficient (Wildman–Crippen LogP) is 1.15. The van der Waals surface area contributed by atoms with Crippen molar-refractivity contribution in [1.82, 2.24) is 5.32 Å². The summed E-state index contributed by atoms with van der Waals surface area (Å²) in [6.45, 7) is 5.27. The fourth-order valence-electron chi connectivity index (χ4n) is 2.35. The highest BCUT2D eigenvalue weighted by molar-refractivity contribution is 6.06. The Morgan fingerprint density at radius 3 is 2.70 bits per heavy atom. The first-order chi connectivity index (χ1) is 10.8. The Morgan fingerprint density at radius 1 is 1.43 bits per heavy atom. The van der Waals surface area contributed by atoms with Crippen molar-refractivity contribution in [3.8, 4) is 11.5 Å². The molecule has 0 unspecified atom stereocenters. The Bertz CT molecular complexity index is 654. The van der Waals surface area contributed by atoms with Crippen molar-refractivity contribution in [2.45, 2.75) is 26.4 Å². The van der Waals surface area contributed by atoms with Crippen LogP contribution >= 0.6 is 0 Å². The minimum absolute atomic E-state index is 0.164. The van der Waals surface area contributed by atoms with Crippen LogP contribution in [0.2, 0.25) is 0 Å². The molecular weight excluding hydrogens is 300 g/mol. The summed E-state index contributed by atoms with van der Waals surface area (Å²) in [5, 5.41) is 2.48. The second kappa shape index (κ2) is 6.28. The summed E-state index contributed by atoms with van der Waals surface area (Å²) in [7, 11) is 1.49. The van der Waals surface area contributed by atoms with Crippen LogP contribution < -0.4 is 19.7 Å². The standard InChI is InChI=1S/C16H20N2O5/c1-5-22-12-7-10(9-19)6-11-14(12)23-16(2,3)15(21)18(11)8-13(20)17-4/h6-7,9H,5,8H2,1-4H3,(H,17,20). The van der Waals surface area contributed by atoms with Crippen molar-refractivity contribution >= 4 is 23.8 Å². The summed E-state index contributed by atoms with van der Waals surface area (Å²) in [5.74, 6) is 0.0381. The van der Waals surface area contributed by atoms with Crippen LogP contribution in [0.5, 0.6) is 11.5 Å². The molecule has 2 rings (SSSR count). The van der Waals surface area contributed by atoms with E-state index < -0.39 is 5.60 Å². The smallest absolute Gasteiger partial charge is 0.271 e. The molecule has 0 atom stereocenters. The molecule has 1 aromatic rings. The molecule has 1 N–H and O–H groups in total. The molecule has 7 nitrogen and oxygen atoms in total. The van der Waals surface area contributed by atoms with Crippen LogP contribution in [0.1, 0.15) is 31.1 Å². The number of likely N-dealkylation sites (N-methyl/N-ethyl adjacent to an activating group) is 1. The van der Waals surface area contributed by atoms with Crippen molar-refractivity contribution in [3.05, 3.63) is 17.7 Å². The SMILES string of the molecule is CCOc1cc(C=O)cc2c1OC(C)(C)C(=O)N2CC(=O)NC. The van der Waals surface area contributed by atoms with E-state index in [4.69, 9.17) is 9.47 Å². The number of aldehydes is 1. The number of benzene rings is 1. The van der Waals surface area contributed by atoms with Crippen LogP contribution in [-0.4, -0.2) is 43.9 Å². The quantitative estimate of drug-likeness (QED) is 0.823. The molecule has 1 aliphatic rings. The molecule has 0 aromatic heterocycles. The number of amides is 2. The number of ether oxygens (including phenoxy) is 2. The van der Waals surface area contributed by atoms with Gasteiger partial charge in [0.1, 0.15) is 12.8 Å². The van der Waals surface area contributed by atoms with Crippen molar-refractivity contribution in [1.29, 1.82) is 0 Å². The van der Waals surface area contributed by atoms with Gasteiger partial charge in [0.15, 0.2) is 17.1 Å². The molecule has 23 heavy (non-hydrogen) atoms. The lowest BCUT2D eigenvalue weighted by molar-refractivity contribution is -0.134. The van der Waals surface area contributed by atoms with Gasteiger partial charge in [-0.3, -0.25) is 19.3 Å². The molecule has 1 aliphatic heterocycles. The second-order valence-corrected chi connectivity index (χ2v) is 5.60. The molecule has 0 saturated heterocycles. The lowest BCUT2D eigenvalue weighted by Crippen LogP contribution is -2.54. The highest BCUT2D eigenvalue weighted by Crippen LogP contribution is 2.45. The van der Waals surface area contributed by atoms with Gasteiger partial charge in [-0.2, -0.15) is 0 Å². The maximum atomic E-state index is 12.6. The number of nitrogens with zero attached hydrogens (tertiary/aromatic N) is 1. The number of rotatable bonds is 5. The van der Waals surface area contributed by atoms with Crippen molar-refractivity contribution < 1.29 is 23.9 Å². The monoisotopic (exact) mass is 320 g/mol. The zero-order valence-corrected chi connectivity index (χ0v) is 13.6. The van der Waals surface area contributed by atoms with Crippen molar-refractivity contribution in [3.63, 3.8) is 0 Å². The van der Waals surface area contributed by atoms with E-state index in [-0.39, 0.29) is 18.4 Å². The van der Waals surface area contributed by atoms with Gasteiger partial charge in [-0.15, -0.1) is 0 Å². The topological polar surface area (TPSA) is 84.9 Å². The summed E-state index contributed by atoms with van der Waals surface area (Å²) in [6, 6.07) is 3.07. The zero-order chi connectivity index (χ0) is 17.2. The molecule has 1 aromatic carbocycles. The van der Waals surface area contributed by atoms with Gasteiger partial charge in [0.05, 0.1) is 12.3 Å². The minimum atomic E-state index is -1.14.